The molecule has 0 atom stereocenters. The van der Waals surface area contributed by atoms with Crippen LogP contribution >= 0.6 is 11.3 Å². The zero-order valence-corrected chi connectivity index (χ0v) is 14.6. The van der Waals surface area contributed by atoms with Crippen LogP contribution in [-0.2, 0) is 5.41 Å². The lowest BCUT2D eigenvalue weighted by Gasteiger charge is -2.20. The van der Waals surface area contributed by atoms with Crippen molar-refractivity contribution in [1.82, 2.24) is 20.3 Å². The topological polar surface area (TPSA) is 82.7 Å². The molecule has 2 aromatic heterocycles. The summed E-state index contributed by atoms with van der Waals surface area (Å²) in [6.07, 6.45) is 3.77. The van der Waals surface area contributed by atoms with Crippen molar-refractivity contribution >= 4 is 22.4 Å². The highest BCUT2D eigenvalue weighted by molar-refractivity contribution is 7.14. The first-order valence-electron chi connectivity index (χ1n) is 7.96. The number of thiazole rings is 1. The third kappa shape index (κ3) is 3.61. The minimum atomic E-state index is -0.206. The highest BCUT2D eigenvalue weighted by Crippen LogP contribution is 2.29. The molecule has 1 aliphatic rings. The highest BCUT2D eigenvalue weighted by Gasteiger charge is 2.25. The van der Waals surface area contributed by atoms with E-state index >= 15 is 0 Å². The van der Waals surface area contributed by atoms with E-state index in [-0.39, 0.29) is 11.3 Å². The molecule has 1 amide bonds. The van der Waals surface area contributed by atoms with Gasteiger partial charge in [-0.15, -0.1) is 11.3 Å². The van der Waals surface area contributed by atoms with E-state index in [0.29, 0.717) is 16.7 Å². The number of H-pyrrole nitrogens is 1. The number of aromatic nitrogens is 3. The van der Waals surface area contributed by atoms with Crippen LogP contribution in [-0.4, -0.2) is 33.9 Å². The molecule has 1 fully saturated rings. The van der Waals surface area contributed by atoms with Crippen molar-refractivity contribution in [2.45, 2.75) is 44.9 Å². The van der Waals surface area contributed by atoms with Gasteiger partial charge in [0.15, 0.2) is 5.13 Å². The van der Waals surface area contributed by atoms with Crippen LogP contribution in [0.1, 0.15) is 61.4 Å². The average molecular weight is 333 g/mol. The van der Waals surface area contributed by atoms with Gasteiger partial charge >= 0.3 is 0 Å². The van der Waals surface area contributed by atoms with E-state index in [9.17, 15) is 4.79 Å². The molecule has 3 rings (SSSR count). The van der Waals surface area contributed by atoms with Crippen molar-refractivity contribution in [3.05, 3.63) is 28.8 Å². The third-order valence-electron chi connectivity index (χ3n) is 4.10. The number of amides is 1. The number of hydrogen-bond acceptors (Lipinski definition) is 5. The Morgan fingerprint density at radius 1 is 1.35 bits per heavy atom. The van der Waals surface area contributed by atoms with Gasteiger partial charge < -0.3 is 10.3 Å². The molecular formula is C16H23N5OS. The first-order valence-corrected chi connectivity index (χ1v) is 8.84. The maximum atomic E-state index is 12.5. The maximum absolute atomic E-state index is 12.5. The predicted molar refractivity (Wildman–Crippen MR) is 92.2 cm³/mol. The van der Waals surface area contributed by atoms with Crippen LogP contribution in [0.2, 0.25) is 0 Å². The minimum absolute atomic E-state index is 0.160. The van der Waals surface area contributed by atoms with Gasteiger partial charge in [0.1, 0.15) is 5.69 Å². The SMILES string of the molecule is CC(C)(C)c1[nH]cnc1C(=O)Nc1nc(C2CCNCC2)cs1. The summed E-state index contributed by atoms with van der Waals surface area (Å²) in [6, 6.07) is 0. The quantitative estimate of drug-likeness (QED) is 0.806. The van der Waals surface area contributed by atoms with E-state index in [0.717, 1.165) is 37.3 Å². The average Bonchev–Trinajstić information content (AvgIpc) is 3.16. The molecule has 7 heteroatoms. The standard InChI is InChI=1S/C16H23N5OS/c1-16(2,3)13-12(18-9-19-13)14(22)21-15-20-11(8-23-15)10-4-6-17-7-5-10/h8-10,17H,4-7H2,1-3H3,(H,18,19)(H,20,21,22). The molecule has 0 saturated carbocycles. The smallest absolute Gasteiger partial charge is 0.277 e. The summed E-state index contributed by atoms with van der Waals surface area (Å²) < 4.78 is 0. The van der Waals surface area contributed by atoms with Gasteiger partial charge in [0, 0.05) is 16.7 Å². The Balaban J connectivity index is 1.71. The fraction of sp³-hybridized carbons (Fsp3) is 0.562. The lowest BCUT2D eigenvalue weighted by atomic mass is 9.90. The van der Waals surface area contributed by atoms with Crippen LogP contribution in [0.15, 0.2) is 11.7 Å². The van der Waals surface area contributed by atoms with Crippen LogP contribution in [0.25, 0.3) is 0 Å². The predicted octanol–water partition coefficient (Wildman–Crippen LogP) is 2.88. The summed E-state index contributed by atoms with van der Waals surface area (Å²) in [5, 5.41) is 8.94. The Hall–Kier alpha value is -1.73. The first kappa shape index (κ1) is 16.1. The Labute approximate surface area is 140 Å². The summed E-state index contributed by atoms with van der Waals surface area (Å²) in [5.41, 5.74) is 2.21. The number of anilines is 1. The lowest BCUT2D eigenvalue weighted by molar-refractivity contribution is 0.102. The number of hydrogen-bond donors (Lipinski definition) is 3. The molecule has 0 aromatic carbocycles. The van der Waals surface area contributed by atoms with Crippen LogP contribution in [0.5, 0.6) is 0 Å². The molecule has 1 saturated heterocycles. The normalized spacial score (nSPS) is 16.5. The van der Waals surface area contributed by atoms with Crippen LogP contribution < -0.4 is 10.6 Å². The van der Waals surface area contributed by atoms with Crippen molar-refractivity contribution in [3.8, 4) is 0 Å². The van der Waals surface area contributed by atoms with Crippen molar-refractivity contribution in [3.63, 3.8) is 0 Å². The molecule has 1 aliphatic heterocycles. The fourth-order valence-corrected chi connectivity index (χ4v) is 3.63. The number of piperidine rings is 1. The van der Waals surface area contributed by atoms with E-state index in [1.807, 2.05) is 0 Å². The number of nitrogens with one attached hydrogen (secondary N) is 3. The van der Waals surface area contributed by atoms with Crippen LogP contribution in [0.4, 0.5) is 5.13 Å². The molecule has 3 heterocycles. The molecule has 0 unspecified atom stereocenters. The summed E-state index contributed by atoms with van der Waals surface area (Å²) >= 11 is 1.48. The molecule has 0 radical (unpaired) electrons. The van der Waals surface area contributed by atoms with Gasteiger partial charge in [-0.3, -0.25) is 10.1 Å². The van der Waals surface area contributed by atoms with Crippen molar-refractivity contribution in [2.24, 2.45) is 0 Å². The van der Waals surface area contributed by atoms with Crippen molar-refractivity contribution in [2.75, 3.05) is 18.4 Å². The zero-order chi connectivity index (χ0) is 16.4. The zero-order valence-electron chi connectivity index (χ0n) is 13.8. The Morgan fingerprint density at radius 2 is 2.09 bits per heavy atom. The largest absolute Gasteiger partial charge is 0.347 e. The molecule has 3 N–H and O–H groups in total. The Kier molecular flexibility index (Phi) is 4.50. The first-order chi connectivity index (χ1) is 10.9. The molecule has 6 nitrogen and oxygen atoms in total. The van der Waals surface area contributed by atoms with E-state index < -0.39 is 0 Å². The Bertz CT molecular complexity index is 679. The van der Waals surface area contributed by atoms with Crippen LogP contribution in [0, 0.1) is 0 Å². The highest BCUT2D eigenvalue weighted by atomic mass is 32.1. The number of carbonyl (C=O) groups excluding carboxylic acids is 1. The van der Waals surface area contributed by atoms with E-state index in [1.165, 1.54) is 11.3 Å². The molecule has 124 valence electrons. The van der Waals surface area contributed by atoms with Gasteiger partial charge in [0.05, 0.1) is 17.7 Å². The Morgan fingerprint density at radius 3 is 2.78 bits per heavy atom. The fourth-order valence-electron chi connectivity index (χ4n) is 2.84. The minimum Gasteiger partial charge on any atom is -0.347 e. The monoisotopic (exact) mass is 333 g/mol. The van der Waals surface area contributed by atoms with Gasteiger partial charge in [-0.1, -0.05) is 20.8 Å². The molecule has 0 bridgehead atoms. The number of nitrogens with zero attached hydrogens (tertiary/aromatic N) is 2. The van der Waals surface area contributed by atoms with Gasteiger partial charge in [-0.05, 0) is 25.9 Å². The lowest BCUT2D eigenvalue weighted by Crippen LogP contribution is -2.26. The number of imidazole rings is 1. The molecule has 0 aliphatic carbocycles. The third-order valence-corrected chi connectivity index (χ3v) is 4.88. The second-order valence-corrected chi connectivity index (χ2v) is 7.79. The van der Waals surface area contributed by atoms with Crippen molar-refractivity contribution < 1.29 is 4.79 Å². The van der Waals surface area contributed by atoms with Gasteiger partial charge in [-0.2, -0.15) is 0 Å². The van der Waals surface area contributed by atoms with E-state index in [1.54, 1.807) is 6.33 Å². The second kappa shape index (κ2) is 6.41. The molecular weight excluding hydrogens is 310 g/mol. The van der Waals surface area contributed by atoms with Gasteiger partial charge in [0.2, 0.25) is 0 Å². The molecule has 0 spiro atoms. The molecule has 23 heavy (non-hydrogen) atoms. The number of aromatic amines is 1. The number of rotatable bonds is 3. The van der Waals surface area contributed by atoms with E-state index in [2.05, 4.69) is 51.7 Å². The van der Waals surface area contributed by atoms with Crippen LogP contribution in [0.3, 0.4) is 0 Å². The van der Waals surface area contributed by atoms with Gasteiger partial charge in [0.25, 0.3) is 5.91 Å². The second-order valence-electron chi connectivity index (χ2n) is 6.93. The summed E-state index contributed by atoms with van der Waals surface area (Å²) in [4.78, 5) is 24.3. The summed E-state index contributed by atoms with van der Waals surface area (Å²) in [7, 11) is 0. The van der Waals surface area contributed by atoms with E-state index in [4.69, 9.17) is 0 Å². The summed E-state index contributed by atoms with van der Waals surface area (Å²) in [5.74, 6) is 0.288. The maximum Gasteiger partial charge on any atom is 0.277 e. The van der Waals surface area contributed by atoms with Crippen molar-refractivity contribution in [1.29, 1.82) is 0 Å². The molecule has 2 aromatic rings. The summed E-state index contributed by atoms with van der Waals surface area (Å²) in [6.45, 7) is 8.22. The van der Waals surface area contributed by atoms with Gasteiger partial charge in [-0.25, -0.2) is 9.97 Å². The number of carbonyl (C=O) groups is 1.